The third-order valence-electron chi connectivity index (χ3n) is 11.3. The number of benzene rings is 3. The van der Waals surface area contributed by atoms with Crippen LogP contribution in [0.5, 0.6) is 0 Å². The molecule has 4 atom stereocenters. The molecule has 0 unspecified atom stereocenters. The Morgan fingerprint density at radius 3 is 2.60 bits per heavy atom. The first-order valence-corrected chi connectivity index (χ1v) is 18.3. The summed E-state index contributed by atoms with van der Waals surface area (Å²) in [6, 6.07) is 28.4. The van der Waals surface area contributed by atoms with E-state index in [0.29, 0.717) is 37.1 Å². The number of thiophene rings is 1. The zero-order chi connectivity index (χ0) is 33.3. The van der Waals surface area contributed by atoms with E-state index in [1.807, 2.05) is 65.6 Å². The van der Waals surface area contributed by atoms with Crippen LogP contribution in [0.3, 0.4) is 0 Å². The molecule has 4 aromatic rings. The number of aliphatic hydroxyl groups excluding tert-OH is 1. The highest BCUT2D eigenvalue weighted by atomic mass is 32.1. The van der Waals surface area contributed by atoms with E-state index in [1.165, 1.54) is 10.5 Å². The number of allylic oxidation sites excluding steroid dienone is 2. The minimum atomic E-state index is -0.639. The summed E-state index contributed by atoms with van der Waals surface area (Å²) in [5, 5.41) is 13.1. The molecule has 248 valence electrons. The van der Waals surface area contributed by atoms with Gasteiger partial charge >= 0.3 is 6.09 Å². The Kier molecular flexibility index (Phi) is 9.14. The maximum atomic E-state index is 14.9. The fourth-order valence-electron chi connectivity index (χ4n) is 8.55. The number of fused-ring (bicyclic) bond motifs is 8. The smallest absolute Gasteiger partial charge is 0.410 e. The van der Waals surface area contributed by atoms with Crippen molar-refractivity contribution in [2.24, 2.45) is 5.41 Å². The molecule has 48 heavy (non-hydrogen) atoms. The summed E-state index contributed by atoms with van der Waals surface area (Å²) in [6.45, 7) is 5.66. The second-order valence-electron chi connectivity index (χ2n) is 14.3. The van der Waals surface area contributed by atoms with Crippen LogP contribution in [-0.2, 0) is 17.6 Å². The molecule has 3 aliphatic carbocycles. The first kappa shape index (κ1) is 32.5. The molecule has 1 spiro atoms. The van der Waals surface area contributed by atoms with Gasteiger partial charge in [-0.2, -0.15) is 0 Å². The Hall–Kier alpha value is -4.00. The summed E-state index contributed by atoms with van der Waals surface area (Å²) in [5.74, 6) is 0.00826. The van der Waals surface area contributed by atoms with Crippen LogP contribution < -0.4 is 0 Å². The number of amides is 1. The summed E-state index contributed by atoms with van der Waals surface area (Å²) < 4.78 is 6.53. The third kappa shape index (κ3) is 6.17. The van der Waals surface area contributed by atoms with Crippen LogP contribution in [0.1, 0.15) is 90.2 Å². The van der Waals surface area contributed by atoms with E-state index in [-0.39, 0.29) is 17.8 Å². The van der Waals surface area contributed by atoms with Gasteiger partial charge < -0.3 is 14.7 Å². The fourth-order valence-corrected chi connectivity index (χ4v) is 9.25. The topological polar surface area (TPSA) is 66.8 Å². The molecule has 5 nitrogen and oxygen atoms in total. The number of carbonyl (C=O) groups is 2. The lowest BCUT2D eigenvalue weighted by Crippen LogP contribution is -2.48. The average Bonchev–Trinajstić information content (AvgIpc) is 3.81. The van der Waals surface area contributed by atoms with Crippen molar-refractivity contribution in [3.8, 4) is 11.1 Å². The Bertz CT molecular complexity index is 1810. The van der Waals surface area contributed by atoms with Gasteiger partial charge in [-0.25, -0.2) is 4.79 Å². The second-order valence-corrected chi connectivity index (χ2v) is 15.3. The van der Waals surface area contributed by atoms with E-state index < -0.39 is 17.1 Å². The van der Waals surface area contributed by atoms with Gasteiger partial charge in [0.25, 0.3) is 0 Å². The quantitative estimate of drug-likeness (QED) is 0.165. The number of nitrogens with zero attached hydrogens (tertiary/aromatic N) is 1. The maximum Gasteiger partial charge on any atom is 0.410 e. The predicted octanol–water partition coefficient (Wildman–Crippen LogP) is 9.39. The Morgan fingerprint density at radius 1 is 0.979 bits per heavy atom. The minimum Gasteiger partial charge on any atom is -0.440 e. The van der Waals surface area contributed by atoms with Crippen LogP contribution in [0.25, 0.3) is 11.1 Å². The average molecular weight is 660 g/mol. The van der Waals surface area contributed by atoms with Crippen molar-refractivity contribution < 1.29 is 19.4 Å². The number of hydrogen-bond donors (Lipinski definition) is 1. The van der Waals surface area contributed by atoms with E-state index >= 15 is 0 Å². The number of aliphatic hydroxyl groups is 1. The minimum absolute atomic E-state index is 0.00656. The lowest BCUT2D eigenvalue weighted by molar-refractivity contribution is -0.0372. The molecule has 0 radical (unpaired) electrons. The number of rotatable bonds is 6. The van der Waals surface area contributed by atoms with Crippen molar-refractivity contribution in [1.82, 2.24) is 4.90 Å². The molecule has 2 heterocycles. The van der Waals surface area contributed by atoms with Crippen molar-refractivity contribution in [1.29, 1.82) is 0 Å². The standard InChI is InChI=1S/C42H45NO4S/c1-29-10-8-22-41(2)38(20-23-42(41)28-43(40(46)47-42)24-21-33-13-9-25-48-33)35-19-17-30(26-32(44)18-16-29)27-37(35)39(45)36-15-7-6-14-34(36)31-11-4-3-5-12-31/h3-7,9-15,17,19,25,27,32,38,44H,8,16,18,20-24,26,28H2,1-2H3/t32-,38-,41-,42+/m0/s1. The van der Waals surface area contributed by atoms with Gasteiger partial charge in [0.2, 0.25) is 0 Å². The van der Waals surface area contributed by atoms with Gasteiger partial charge in [-0.1, -0.05) is 91.4 Å². The normalized spacial score (nSPS) is 25.9. The molecular weight excluding hydrogens is 615 g/mol. The van der Waals surface area contributed by atoms with Crippen molar-refractivity contribution in [2.75, 3.05) is 13.1 Å². The molecule has 2 fully saturated rings. The molecule has 1 N–H and O–H groups in total. The van der Waals surface area contributed by atoms with Gasteiger partial charge in [0.15, 0.2) is 5.78 Å². The van der Waals surface area contributed by atoms with Gasteiger partial charge in [0, 0.05) is 28.0 Å². The number of ketones is 1. The molecule has 2 bridgehead atoms. The first-order valence-electron chi connectivity index (χ1n) is 17.4. The number of hydrogen-bond acceptors (Lipinski definition) is 5. The molecular formula is C42H45NO4S. The molecule has 1 saturated carbocycles. The molecule has 1 amide bonds. The Balaban J connectivity index is 1.31. The van der Waals surface area contributed by atoms with Gasteiger partial charge in [-0.15, -0.1) is 11.3 Å². The van der Waals surface area contributed by atoms with E-state index in [0.717, 1.165) is 60.8 Å². The Labute approximate surface area is 288 Å². The van der Waals surface area contributed by atoms with Crippen LogP contribution in [0.2, 0.25) is 0 Å². The molecule has 1 saturated heterocycles. The molecule has 1 aromatic heterocycles. The van der Waals surface area contributed by atoms with E-state index in [1.54, 1.807) is 11.3 Å². The van der Waals surface area contributed by atoms with E-state index in [2.05, 4.69) is 49.6 Å². The highest BCUT2D eigenvalue weighted by Gasteiger charge is 2.63. The Morgan fingerprint density at radius 2 is 1.79 bits per heavy atom. The zero-order valence-corrected chi connectivity index (χ0v) is 28.8. The lowest BCUT2D eigenvalue weighted by atomic mass is 9.64. The SMILES string of the molecule is CC1=CCC[C@@]2(C)[C@@H](CC[C@@]23CN(CCc2cccs2)C(=O)O3)c2ccc(cc2C(=O)c2ccccc2-c2ccccc2)C[C@@H](O)CC1. The van der Waals surface area contributed by atoms with Crippen LogP contribution >= 0.6 is 11.3 Å². The summed E-state index contributed by atoms with van der Waals surface area (Å²) >= 11 is 1.72. The maximum absolute atomic E-state index is 14.9. The summed E-state index contributed by atoms with van der Waals surface area (Å²) in [6.07, 6.45) is 7.67. The third-order valence-corrected chi connectivity index (χ3v) is 12.3. The van der Waals surface area contributed by atoms with Crippen molar-refractivity contribution in [3.05, 3.63) is 129 Å². The zero-order valence-electron chi connectivity index (χ0n) is 28.0. The van der Waals surface area contributed by atoms with Crippen molar-refractivity contribution in [3.63, 3.8) is 0 Å². The number of carbonyl (C=O) groups excluding carboxylic acids is 2. The molecule has 8 rings (SSSR count). The lowest BCUT2D eigenvalue weighted by Gasteiger charge is -2.43. The fraction of sp³-hybridized carbons (Fsp3) is 0.381. The van der Waals surface area contributed by atoms with Gasteiger partial charge in [-0.05, 0) is 104 Å². The van der Waals surface area contributed by atoms with Crippen LogP contribution in [0.15, 0.2) is 102 Å². The molecule has 6 heteroatoms. The van der Waals surface area contributed by atoms with Crippen LogP contribution in [0, 0.1) is 5.41 Å². The monoisotopic (exact) mass is 659 g/mol. The first-order chi connectivity index (χ1) is 23.3. The van der Waals surface area contributed by atoms with Crippen molar-refractivity contribution in [2.45, 2.75) is 82.8 Å². The summed E-state index contributed by atoms with van der Waals surface area (Å²) in [5.41, 5.74) is 5.51. The van der Waals surface area contributed by atoms with Gasteiger partial charge in [0.05, 0.1) is 12.6 Å². The highest BCUT2D eigenvalue weighted by molar-refractivity contribution is 7.09. The summed E-state index contributed by atoms with van der Waals surface area (Å²) in [4.78, 5) is 31.6. The second kappa shape index (κ2) is 13.5. The van der Waals surface area contributed by atoms with Crippen LogP contribution in [-0.4, -0.2) is 46.7 Å². The largest absolute Gasteiger partial charge is 0.440 e. The van der Waals surface area contributed by atoms with E-state index in [9.17, 15) is 14.7 Å². The predicted molar refractivity (Wildman–Crippen MR) is 193 cm³/mol. The van der Waals surface area contributed by atoms with E-state index in [4.69, 9.17) is 4.74 Å². The number of ether oxygens (including phenoxy) is 1. The summed E-state index contributed by atoms with van der Waals surface area (Å²) in [7, 11) is 0. The van der Waals surface area contributed by atoms with Gasteiger partial charge in [-0.3, -0.25) is 4.79 Å². The molecule has 1 aliphatic heterocycles. The highest BCUT2D eigenvalue weighted by Crippen LogP contribution is 2.61. The van der Waals surface area contributed by atoms with Crippen LogP contribution in [0.4, 0.5) is 4.79 Å². The molecule has 3 aromatic carbocycles. The van der Waals surface area contributed by atoms with Crippen molar-refractivity contribution >= 4 is 23.2 Å². The van der Waals surface area contributed by atoms with Gasteiger partial charge in [0.1, 0.15) is 5.60 Å². The molecule has 4 aliphatic rings.